The van der Waals surface area contributed by atoms with Crippen LogP contribution in [-0.4, -0.2) is 45.3 Å². The second-order valence-corrected chi connectivity index (χ2v) is 9.89. The van der Waals surface area contributed by atoms with Crippen molar-refractivity contribution in [2.45, 2.75) is 64.0 Å². The first-order valence-corrected chi connectivity index (χ1v) is 12.2. The Balaban J connectivity index is 1.44. The monoisotopic (exact) mass is 435 g/mol. The minimum atomic E-state index is -0.0472. The molecule has 6 nitrogen and oxygen atoms in total. The summed E-state index contributed by atoms with van der Waals surface area (Å²) in [5.74, 6) is 0.662. The van der Waals surface area contributed by atoms with Crippen LogP contribution in [0.3, 0.4) is 0 Å². The number of carbonyl (C=O) groups excluding carboxylic acids is 2. The van der Waals surface area contributed by atoms with E-state index in [1.165, 1.54) is 6.42 Å². The number of aryl methyl sites for hydroxylation is 1. The predicted molar refractivity (Wildman–Crippen MR) is 124 cm³/mol. The first kappa shape index (κ1) is 21.2. The normalized spacial score (nSPS) is 21.8. The Kier molecular flexibility index (Phi) is 5.78. The van der Waals surface area contributed by atoms with Crippen molar-refractivity contribution >= 4 is 22.7 Å². The number of fused-ring (bicyclic) bond motifs is 1. The molecular weight excluding hydrogens is 402 g/mol. The maximum atomic E-state index is 13.7. The van der Waals surface area contributed by atoms with Crippen molar-refractivity contribution in [1.29, 1.82) is 0 Å². The molecule has 2 aromatic rings. The largest absolute Gasteiger partial charge is 0.340 e. The summed E-state index contributed by atoms with van der Waals surface area (Å²) in [7, 11) is 1.80. The molecule has 2 saturated carbocycles. The van der Waals surface area contributed by atoms with Crippen LogP contribution in [-0.2, 0) is 23.2 Å². The molecule has 5 rings (SSSR count). The number of aromatic nitrogens is 1. The lowest BCUT2D eigenvalue weighted by molar-refractivity contribution is -0.140. The Morgan fingerprint density at radius 1 is 1.00 bits per heavy atom. The van der Waals surface area contributed by atoms with Crippen molar-refractivity contribution in [3.05, 3.63) is 46.2 Å². The topological polar surface area (TPSA) is 62.6 Å². The van der Waals surface area contributed by atoms with Crippen LogP contribution in [0.25, 0.3) is 10.9 Å². The number of nitrogens with zero attached hydrogens (tertiary/aromatic N) is 3. The summed E-state index contributed by atoms with van der Waals surface area (Å²) < 4.78 is 1.69. The van der Waals surface area contributed by atoms with Gasteiger partial charge in [0, 0.05) is 37.5 Å². The Bertz CT molecular complexity index is 1080. The smallest absolute Gasteiger partial charge is 0.255 e. The molecule has 2 heterocycles. The average Bonchev–Trinajstić information content (AvgIpc) is 3.57. The van der Waals surface area contributed by atoms with Crippen molar-refractivity contribution in [3.63, 3.8) is 0 Å². The van der Waals surface area contributed by atoms with E-state index in [0.29, 0.717) is 25.2 Å². The van der Waals surface area contributed by atoms with Crippen LogP contribution in [0.15, 0.2) is 35.1 Å². The molecule has 3 fully saturated rings. The lowest BCUT2D eigenvalue weighted by Gasteiger charge is -2.34. The van der Waals surface area contributed by atoms with E-state index in [4.69, 9.17) is 0 Å². The highest BCUT2D eigenvalue weighted by molar-refractivity contribution is 5.83. The first-order chi connectivity index (χ1) is 15.5. The number of para-hydroxylation sites is 1. The van der Waals surface area contributed by atoms with Gasteiger partial charge in [0.2, 0.25) is 11.8 Å². The molecule has 1 atom stereocenters. The highest BCUT2D eigenvalue weighted by atomic mass is 16.2. The zero-order valence-corrected chi connectivity index (χ0v) is 19.0. The summed E-state index contributed by atoms with van der Waals surface area (Å²) in [4.78, 5) is 43.4. The van der Waals surface area contributed by atoms with Gasteiger partial charge in [-0.15, -0.1) is 0 Å². The molecule has 0 unspecified atom stereocenters. The summed E-state index contributed by atoms with van der Waals surface area (Å²) >= 11 is 0. The number of hydrogen-bond donors (Lipinski definition) is 0. The van der Waals surface area contributed by atoms with Gasteiger partial charge in [-0.1, -0.05) is 37.5 Å². The molecule has 32 heavy (non-hydrogen) atoms. The number of rotatable bonds is 5. The third-order valence-electron chi connectivity index (χ3n) is 7.63. The van der Waals surface area contributed by atoms with Crippen molar-refractivity contribution in [2.24, 2.45) is 18.9 Å². The van der Waals surface area contributed by atoms with E-state index in [-0.39, 0.29) is 35.3 Å². The number of benzene rings is 1. The van der Waals surface area contributed by atoms with Gasteiger partial charge in [-0.05, 0) is 49.6 Å². The molecule has 6 heteroatoms. The molecule has 1 aromatic heterocycles. The molecule has 0 spiro atoms. The highest BCUT2D eigenvalue weighted by Crippen LogP contribution is 2.34. The van der Waals surface area contributed by atoms with E-state index >= 15 is 0 Å². The van der Waals surface area contributed by atoms with E-state index in [2.05, 4.69) is 0 Å². The van der Waals surface area contributed by atoms with Gasteiger partial charge in [0.25, 0.3) is 5.56 Å². The fourth-order valence-corrected chi connectivity index (χ4v) is 5.54. The number of amides is 2. The Hall–Kier alpha value is -2.63. The molecule has 0 radical (unpaired) electrons. The quantitative estimate of drug-likeness (QED) is 0.723. The van der Waals surface area contributed by atoms with Crippen LogP contribution in [0, 0.1) is 11.8 Å². The predicted octanol–water partition coefficient (Wildman–Crippen LogP) is 3.46. The van der Waals surface area contributed by atoms with Gasteiger partial charge in [0.05, 0.1) is 18.1 Å². The highest BCUT2D eigenvalue weighted by Gasteiger charge is 2.40. The Labute approximate surface area is 189 Å². The second-order valence-electron chi connectivity index (χ2n) is 9.89. The van der Waals surface area contributed by atoms with Gasteiger partial charge in [0.1, 0.15) is 0 Å². The van der Waals surface area contributed by atoms with E-state index in [0.717, 1.165) is 55.8 Å². The lowest BCUT2D eigenvalue weighted by atomic mass is 9.87. The van der Waals surface area contributed by atoms with Gasteiger partial charge < -0.3 is 14.4 Å². The standard InChI is InChI=1S/C26H33N3O3/c1-27-23-10-6-5-9-20(23)15-21(24(27)30)16-29(26(32)18-7-3-2-4-8-18)22-13-14-28(17-22)25(31)19-11-12-19/h5-6,9-10,15,18-19,22H,2-4,7-8,11-14,16-17H2,1H3/t22-/m1/s1. The molecule has 1 saturated heterocycles. The van der Waals surface area contributed by atoms with Gasteiger partial charge in [-0.3, -0.25) is 14.4 Å². The fraction of sp³-hybridized carbons (Fsp3) is 0.577. The van der Waals surface area contributed by atoms with E-state index in [1.807, 2.05) is 40.1 Å². The van der Waals surface area contributed by atoms with E-state index in [9.17, 15) is 14.4 Å². The van der Waals surface area contributed by atoms with Gasteiger partial charge in [-0.2, -0.15) is 0 Å². The summed E-state index contributed by atoms with van der Waals surface area (Å²) in [6.45, 7) is 1.63. The Morgan fingerprint density at radius 3 is 2.50 bits per heavy atom. The summed E-state index contributed by atoms with van der Waals surface area (Å²) in [6.07, 6.45) is 8.05. The zero-order valence-electron chi connectivity index (χ0n) is 19.0. The van der Waals surface area contributed by atoms with Gasteiger partial charge in [-0.25, -0.2) is 0 Å². The third-order valence-corrected chi connectivity index (χ3v) is 7.63. The number of hydrogen-bond acceptors (Lipinski definition) is 3. The van der Waals surface area contributed by atoms with Crippen molar-refractivity contribution in [1.82, 2.24) is 14.4 Å². The average molecular weight is 436 g/mol. The fourth-order valence-electron chi connectivity index (χ4n) is 5.54. The van der Waals surface area contributed by atoms with Crippen molar-refractivity contribution < 1.29 is 9.59 Å². The van der Waals surface area contributed by atoms with Crippen LogP contribution in [0.4, 0.5) is 0 Å². The maximum absolute atomic E-state index is 13.7. The van der Waals surface area contributed by atoms with Crippen LogP contribution in [0.1, 0.15) is 56.9 Å². The molecule has 2 amide bonds. The van der Waals surface area contributed by atoms with Crippen LogP contribution in [0.2, 0.25) is 0 Å². The van der Waals surface area contributed by atoms with E-state index in [1.54, 1.807) is 11.6 Å². The number of pyridine rings is 1. The molecular formula is C26H33N3O3. The molecule has 170 valence electrons. The molecule has 0 N–H and O–H groups in total. The van der Waals surface area contributed by atoms with Crippen LogP contribution < -0.4 is 5.56 Å². The molecule has 0 bridgehead atoms. The van der Waals surface area contributed by atoms with Gasteiger partial charge in [0.15, 0.2) is 0 Å². The number of likely N-dealkylation sites (tertiary alicyclic amines) is 1. The maximum Gasteiger partial charge on any atom is 0.255 e. The van der Waals surface area contributed by atoms with E-state index < -0.39 is 0 Å². The summed E-state index contributed by atoms with van der Waals surface area (Å²) in [5.41, 5.74) is 1.50. The molecule has 1 aromatic carbocycles. The number of carbonyl (C=O) groups is 2. The second kappa shape index (κ2) is 8.72. The SMILES string of the molecule is Cn1c(=O)c(CN(C(=O)C2CCCCC2)[C@@H]2CCN(C(=O)C3CC3)C2)cc2ccccc21. The zero-order chi connectivity index (χ0) is 22.2. The van der Waals surface area contributed by atoms with Crippen LogP contribution >= 0.6 is 0 Å². The first-order valence-electron chi connectivity index (χ1n) is 12.2. The Morgan fingerprint density at radius 2 is 1.75 bits per heavy atom. The lowest BCUT2D eigenvalue weighted by Crippen LogP contribution is -2.46. The molecule has 3 aliphatic rings. The molecule has 1 aliphatic heterocycles. The van der Waals surface area contributed by atoms with Crippen molar-refractivity contribution in [3.8, 4) is 0 Å². The molecule has 2 aliphatic carbocycles. The minimum Gasteiger partial charge on any atom is -0.340 e. The third kappa shape index (κ3) is 4.07. The van der Waals surface area contributed by atoms with Crippen LogP contribution in [0.5, 0.6) is 0 Å². The summed E-state index contributed by atoms with van der Waals surface area (Å²) in [5, 5.41) is 1.01. The summed E-state index contributed by atoms with van der Waals surface area (Å²) in [6, 6.07) is 9.80. The van der Waals surface area contributed by atoms with Crippen molar-refractivity contribution in [2.75, 3.05) is 13.1 Å². The van der Waals surface area contributed by atoms with Gasteiger partial charge >= 0.3 is 0 Å². The minimum absolute atomic E-state index is 0.0108.